The van der Waals surface area contributed by atoms with Crippen LogP contribution in [0.2, 0.25) is 0 Å². The van der Waals surface area contributed by atoms with E-state index in [1.165, 1.54) is 12.3 Å². The minimum atomic E-state index is -0.428. The van der Waals surface area contributed by atoms with Gasteiger partial charge in [0.25, 0.3) is 5.91 Å². The van der Waals surface area contributed by atoms with Crippen LogP contribution in [0.15, 0.2) is 58.1 Å². The zero-order valence-electron chi connectivity index (χ0n) is 10.9. The quantitative estimate of drug-likeness (QED) is 0.665. The summed E-state index contributed by atoms with van der Waals surface area (Å²) in [7, 11) is 0. The molecule has 0 aromatic heterocycles. The molecule has 1 N–H and O–H groups in total. The van der Waals surface area contributed by atoms with Crippen LogP contribution in [0.5, 0.6) is 5.75 Å². The van der Waals surface area contributed by atoms with Gasteiger partial charge in [-0.2, -0.15) is 5.10 Å². The summed E-state index contributed by atoms with van der Waals surface area (Å²) in [6.45, 7) is -0.176. The minimum absolute atomic E-state index is 0.176. The SMILES string of the molecule is O=C(COc1cccc(Br)c1)N/N=C\c1ccccc1F. The Hall–Kier alpha value is -2.21. The van der Waals surface area contributed by atoms with Gasteiger partial charge in [-0.25, -0.2) is 9.82 Å². The third-order valence-electron chi connectivity index (χ3n) is 2.46. The fourth-order valence-corrected chi connectivity index (χ4v) is 1.87. The number of hydrogen-bond acceptors (Lipinski definition) is 3. The smallest absolute Gasteiger partial charge is 0.277 e. The van der Waals surface area contributed by atoms with E-state index in [0.717, 1.165) is 4.47 Å². The van der Waals surface area contributed by atoms with Gasteiger partial charge in [-0.1, -0.05) is 40.2 Å². The molecule has 0 saturated heterocycles. The lowest BCUT2D eigenvalue weighted by molar-refractivity contribution is -0.123. The van der Waals surface area contributed by atoms with Crippen molar-refractivity contribution in [3.8, 4) is 5.75 Å². The topological polar surface area (TPSA) is 50.7 Å². The number of hydrogen-bond donors (Lipinski definition) is 1. The minimum Gasteiger partial charge on any atom is -0.484 e. The van der Waals surface area contributed by atoms with Crippen LogP contribution in [-0.2, 0) is 4.79 Å². The van der Waals surface area contributed by atoms with Gasteiger partial charge in [-0.3, -0.25) is 4.79 Å². The lowest BCUT2D eigenvalue weighted by Gasteiger charge is -2.05. The molecule has 2 aromatic carbocycles. The molecule has 2 aromatic rings. The molecule has 0 aliphatic heterocycles. The highest BCUT2D eigenvalue weighted by Crippen LogP contribution is 2.17. The number of carbonyl (C=O) groups excluding carboxylic acids is 1. The van der Waals surface area contributed by atoms with Crippen molar-refractivity contribution < 1.29 is 13.9 Å². The van der Waals surface area contributed by atoms with Crippen LogP contribution >= 0.6 is 15.9 Å². The van der Waals surface area contributed by atoms with Gasteiger partial charge in [0.2, 0.25) is 0 Å². The van der Waals surface area contributed by atoms with Gasteiger partial charge in [0.1, 0.15) is 11.6 Å². The number of ether oxygens (including phenoxy) is 1. The second-order valence-corrected chi connectivity index (χ2v) is 4.98. The largest absolute Gasteiger partial charge is 0.484 e. The van der Waals surface area contributed by atoms with Crippen LogP contribution < -0.4 is 10.2 Å². The molecule has 6 heteroatoms. The average Bonchev–Trinajstić information content (AvgIpc) is 2.47. The second-order valence-electron chi connectivity index (χ2n) is 4.06. The first kappa shape index (κ1) is 15.2. The molecule has 0 unspecified atom stereocenters. The lowest BCUT2D eigenvalue weighted by atomic mass is 10.2. The number of benzene rings is 2. The Bertz CT molecular complexity index is 662. The van der Waals surface area contributed by atoms with E-state index in [4.69, 9.17) is 4.74 Å². The predicted octanol–water partition coefficient (Wildman–Crippen LogP) is 3.12. The molecule has 0 atom stereocenters. The molecule has 21 heavy (non-hydrogen) atoms. The van der Waals surface area contributed by atoms with Gasteiger partial charge in [-0.05, 0) is 24.3 Å². The summed E-state index contributed by atoms with van der Waals surface area (Å²) in [6.07, 6.45) is 1.24. The third-order valence-corrected chi connectivity index (χ3v) is 2.96. The van der Waals surface area contributed by atoms with Gasteiger partial charge in [0, 0.05) is 10.0 Å². The van der Waals surface area contributed by atoms with E-state index in [-0.39, 0.29) is 6.61 Å². The Morgan fingerprint density at radius 3 is 2.86 bits per heavy atom. The molecule has 0 saturated carbocycles. The highest BCUT2D eigenvalue weighted by Gasteiger charge is 2.02. The van der Waals surface area contributed by atoms with Gasteiger partial charge >= 0.3 is 0 Å². The summed E-state index contributed by atoms with van der Waals surface area (Å²) in [5, 5.41) is 3.68. The molecule has 2 rings (SSSR count). The van der Waals surface area contributed by atoms with E-state index in [0.29, 0.717) is 11.3 Å². The number of nitrogens with one attached hydrogen (secondary N) is 1. The van der Waals surface area contributed by atoms with E-state index < -0.39 is 11.7 Å². The van der Waals surface area contributed by atoms with Crippen molar-refractivity contribution in [1.82, 2.24) is 5.43 Å². The van der Waals surface area contributed by atoms with Crippen LogP contribution in [0, 0.1) is 5.82 Å². The van der Waals surface area contributed by atoms with Crippen molar-refractivity contribution in [3.63, 3.8) is 0 Å². The van der Waals surface area contributed by atoms with E-state index in [9.17, 15) is 9.18 Å². The second kappa shape index (κ2) is 7.54. The molecular weight excluding hydrogens is 339 g/mol. The van der Waals surface area contributed by atoms with Gasteiger partial charge in [0.15, 0.2) is 6.61 Å². The van der Waals surface area contributed by atoms with Crippen molar-refractivity contribution in [1.29, 1.82) is 0 Å². The van der Waals surface area contributed by atoms with E-state index in [1.54, 1.807) is 36.4 Å². The van der Waals surface area contributed by atoms with Crippen molar-refractivity contribution in [2.24, 2.45) is 5.10 Å². The Balaban J connectivity index is 1.81. The van der Waals surface area contributed by atoms with Crippen LogP contribution in [0.4, 0.5) is 4.39 Å². The van der Waals surface area contributed by atoms with Gasteiger partial charge < -0.3 is 4.74 Å². The molecule has 1 amide bonds. The summed E-state index contributed by atoms with van der Waals surface area (Å²) in [5.41, 5.74) is 2.57. The number of hydrazone groups is 1. The summed E-state index contributed by atoms with van der Waals surface area (Å²) >= 11 is 3.30. The Labute approximate surface area is 129 Å². The maximum absolute atomic E-state index is 13.3. The number of rotatable bonds is 5. The average molecular weight is 351 g/mol. The van der Waals surface area contributed by atoms with E-state index >= 15 is 0 Å². The Kier molecular flexibility index (Phi) is 5.45. The monoisotopic (exact) mass is 350 g/mol. The van der Waals surface area contributed by atoms with E-state index in [2.05, 4.69) is 26.5 Å². The zero-order chi connectivity index (χ0) is 15.1. The number of amides is 1. The van der Waals surface area contributed by atoms with Crippen molar-refractivity contribution in [2.75, 3.05) is 6.61 Å². The molecule has 0 spiro atoms. The number of halogens is 2. The third kappa shape index (κ3) is 5.00. The first-order valence-electron chi connectivity index (χ1n) is 6.10. The highest BCUT2D eigenvalue weighted by molar-refractivity contribution is 9.10. The maximum atomic E-state index is 13.3. The van der Waals surface area contributed by atoms with Crippen LogP contribution in [0.3, 0.4) is 0 Å². The van der Waals surface area contributed by atoms with Crippen molar-refractivity contribution in [2.45, 2.75) is 0 Å². The summed E-state index contributed by atoms with van der Waals surface area (Å²) in [5.74, 6) is -0.263. The van der Waals surface area contributed by atoms with Gasteiger partial charge in [0.05, 0.1) is 6.21 Å². The zero-order valence-corrected chi connectivity index (χ0v) is 12.5. The summed E-state index contributed by atoms with van der Waals surface area (Å²) in [4.78, 5) is 11.5. The Morgan fingerprint density at radius 2 is 2.10 bits per heavy atom. The molecule has 0 aliphatic carbocycles. The predicted molar refractivity (Wildman–Crippen MR) is 81.8 cm³/mol. The van der Waals surface area contributed by atoms with Gasteiger partial charge in [-0.15, -0.1) is 0 Å². The molecule has 0 aliphatic rings. The van der Waals surface area contributed by atoms with Crippen LogP contribution in [0.25, 0.3) is 0 Å². The molecule has 0 bridgehead atoms. The number of carbonyl (C=O) groups is 1. The molecule has 0 heterocycles. The van der Waals surface area contributed by atoms with Crippen LogP contribution in [-0.4, -0.2) is 18.7 Å². The molecule has 108 valence electrons. The molecular formula is C15H12BrFN2O2. The number of nitrogens with zero attached hydrogens (tertiary/aromatic N) is 1. The molecule has 0 fully saturated rings. The summed E-state index contributed by atoms with van der Waals surface area (Å²) in [6, 6.07) is 13.3. The lowest BCUT2D eigenvalue weighted by Crippen LogP contribution is -2.24. The fourth-order valence-electron chi connectivity index (χ4n) is 1.49. The first-order chi connectivity index (χ1) is 10.1. The summed E-state index contributed by atoms with van der Waals surface area (Å²) < 4.78 is 19.4. The van der Waals surface area contributed by atoms with E-state index in [1.807, 2.05) is 6.07 Å². The fraction of sp³-hybridized carbons (Fsp3) is 0.0667. The Morgan fingerprint density at radius 1 is 1.29 bits per heavy atom. The van der Waals surface area contributed by atoms with Crippen molar-refractivity contribution in [3.05, 3.63) is 64.4 Å². The van der Waals surface area contributed by atoms with Crippen LogP contribution in [0.1, 0.15) is 5.56 Å². The standard InChI is InChI=1S/C15H12BrFN2O2/c16-12-5-3-6-13(8-12)21-10-15(20)19-18-9-11-4-1-2-7-14(11)17/h1-9H,10H2,(H,19,20)/b18-9-. The highest BCUT2D eigenvalue weighted by atomic mass is 79.9. The normalized spacial score (nSPS) is 10.6. The van der Waals surface area contributed by atoms with Crippen molar-refractivity contribution >= 4 is 28.1 Å². The maximum Gasteiger partial charge on any atom is 0.277 e. The molecule has 0 radical (unpaired) electrons. The molecule has 4 nitrogen and oxygen atoms in total. The first-order valence-corrected chi connectivity index (χ1v) is 6.89.